The van der Waals surface area contributed by atoms with E-state index in [-0.39, 0.29) is 11.5 Å². The molecule has 0 aromatic carbocycles. The highest BCUT2D eigenvalue weighted by molar-refractivity contribution is 5.21. The first-order valence-corrected chi connectivity index (χ1v) is 6.92. The highest BCUT2D eigenvalue weighted by Gasteiger charge is 2.35. The zero-order valence-electron chi connectivity index (χ0n) is 11.9. The molecule has 6 nitrogen and oxygen atoms in total. The van der Waals surface area contributed by atoms with E-state index in [2.05, 4.69) is 45.5 Å². The van der Waals surface area contributed by atoms with E-state index in [4.69, 9.17) is 5.73 Å². The topological polar surface area (TPSA) is 71.2 Å². The minimum atomic E-state index is -0.102. The number of aromatic nitrogens is 3. The van der Waals surface area contributed by atoms with Crippen molar-refractivity contribution in [1.29, 1.82) is 0 Å². The van der Waals surface area contributed by atoms with Gasteiger partial charge in [-0.25, -0.2) is 4.98 Å². The molecule has 6 heteroatoms. The van der Waals surface area contributed by atoms with Crippen molar-refractivity contribution in [1.82, 2.24) is 24.8 Å². The van der Waals surface area contributed by atoms with E-state index >= 15 is 0 Å². The summed E-state index contributed by atoms with van der Waals surface area (Å²) in [6.07, 6.45) is 0. The van der Waals surface area contributed by atoms with Crippen LogP contribution < -0.4 is 5.73 Å². The first kappa shape index (κ1) is 12.7. The van der Waals surface area contributed by atoms with Gasteiger partial charge in [-0.2, -0.15) is 9.97 Å². The molecule has 3 saturated heterocycles. The second-order valence-corrected chi connectivity index (χ2v) is 6.48. The van der Waals surface area contributed by atoms with Crippen molar-refractivity contribution in [3.63, 3.8) is 0 Å². The molecule has 3 aliphatic heterocycles. The highest BCUT2D eigenvalue weighted by atomic mass is 15.4. The Kier molecular flexibility index (Phi) is 2.94. The van der Waals surface area contributed by atoms with E-state index < -0.39 is 0 Å². The molecule has 2 N–H and O–H groups in total. The molecule has 3 fully saturated rings. The quantitative estimate of drug-likeness (QED) is 0.791. The third kappa shape index (κ3) is 2.42. The van der Waals surface area contributed by atoms with Gasteiger partial charge < -0.3 is 5.73 Å². The highest BCUT2D eigenvalue weighted by Crippen LogP contribution is 2.28. The lowest BCUT2D eigenvalue weighted by Crippen LogP contribution is -2.57. The van der Waals surface area contributed by atoms with E-state index in [1.165, 1.54) is 0 Å². The number of hydrogen-bond acceptors (Lipinski definition) is 6. The van der Waals surface area contributed by atoms with Gasteiger partial charge >= 0.3 is 0 Å². The Labute approximate surface area is 114 Å². The van der Waals surface area contributed by atoms with Crippen molar-refractivity contribution in [2.45, 2.75) is 32.2 Å². The smallest absolute Gasteiger partial charge is 0.223 e. The van der Waals surface area contributed by atoms with Crippen molar-refractivity contribution in [3.8, 4) is 0 Å². The van der Waals surface area contributed by atoms with Crippen molar-refractivity contribution >= 4 is 5.95 Å². The van der Waals surface area contributed by atoms with Crippen LogP contribution in [-0.2, 0) is 5.41 Å². The average Bonchev–Trinajstić information content (AvgIpc) is 2.38. The summed E-state index contributed by atoms with van der Waals surface area (Å²) in [5.74, 6) is 1.96. The van der Waals surface area contributed by atoms with Gasteiger partial charge in [-0.05, 0) is 0 Å². The Morgan fingerprint density at radius 2 is 1.74 bits per heavy atom. The minimum absolute atomic E-state index is 0.102. The zero-order valence-corrected chi connectivity index (χ0v) is 11.9. The van der Waals surface area contributed by atoms with Gasteiger partial charge in [0.1, 0.15) is 5.82 Å². The third-order valence-corrected chi connectivity index (χ3v) is 3.92. The lowest BCUT2D eigenvalue weighted by molar-refractivity contribution is 0.00844. The lowest BCUT2D eigenvalue weighted by atomic mass is 9.95. The van der Waals surface area contributed by atoms with Crippen LogP contribution in [0.4, 0.5) is 5.95 Å². The van der Waals surface area contributed by atoms with Crippen LogP contribution in [0.5, 0.6) is 0 Å². The molecule has 1 aromatic heterocycles. The van der Waals surface area contributed by atoms with E-state index in [1.54, 1.807) is 0 Å². The molecule has 1 aromatic rings. The van der Waals surface area contributed by atoms with E-state index in [9.17, 15) is 0 Å². The molecule has 4 heterocycles. The summed E-state index contributed by atoms with van der Waals surface area (Å²) in [6, 6.07) is 0.272. The predicted octanol–water partition coefficient (Wildman–Crippen LogP) is 0.424. The molecule has 0 spiro atoms. The number of nitrogen functional groups attached to an aromatic ring is 1. The van der Waals surface area contributed by atoms with Gasteiger partial charge in [-0.3, -0.25) is 9.80 Å². The van der Waals surface area contributed by atoms with Crippen LogP contribution in [-0.4, -0.2) is 57.5 Å². The first-order chi connectivity index (χ1) is 8.93. The van der Waals surface area contributed by atoms with Crippen LogP contribution in [0.15, 0.2) is 0 Å². The Morgan fingerprint density at radius 3 is 2.26 bits per heavy atom. The Hall–Kier alpha value is -1.27. The molecule has 104 valence electrons. The summed E-state index contributed by atoms with van der Waals surface area (Å²) in [6.45, 7) is 11.8. The number of nitrogens with two attached hydrogens (primary N) is 1. The van der Waals surface area contributed by atoms with Crippen molar-refractivity contribution < 1.29 is 0 Å². The van der Waals surface area contributed by atoms with Gasteiger partial charge in [0.15, 0.2) is 5.82 Å². The molecule has 1 atom stereocenters. The van der Waals surface area contributed by atoms with Crippen molar-refractivity contribution in [2.24, 2.45) is 0 Å². The van der Waals surface area contributed by atoms with E-state index in [0.717, 1.165) is 44.4 Å². The van der Waals surface area contributed by atoms with Crippen molar-refractivity contribution in [3.05, 3.63) is 11.6 Å². The van der Waals surface area contributed by atoms with Crippen LogP contribution >= 0.6 is 0 Å². The maximum atomic E-state index is 5.87. The fraction of sp³-hybridized carbons (Fsp3) is 0.769. The van der Waals surface area contributed by atoms with Gasteiger partial charge in [0.05, 0.1) is 6.04 Å². The summed E-state index contributed by atoms with van der Waals surface area (Å²) < 4.78 is 0. The largest absolute Gasteiger partial charge is 0.368 e. The monoisotopic (exact) mass is 262 g/mol. The molecule has 19 heavy (non-hydrogen) atoms. The van der Waals surface area contributed by atoms with E-state index in [0.29, 0.717) is 5.95 Å². The van der Waals surface area contributed by atoms with Crippen LogP contribution in [0.3, 0.4) is 0 Å². The summed E-state index contributed by atoms with van der Waals surface area (Å²) >= 11 is 0. The number of nitrogens with zero attached hydrogens (tertiary/aromatic N) is 5. The third-order valence-electron chi connectivity index (χ3n) is 3.92. The standard InChI is InChI=1S/C13H22N6/c1-13(2,3)11-15-10(16-12(14)17-11)9-8-18-4-6-19(9)7-5-18/h9H,4-8H2,1-3H3,(H2,14,15,16,17). The number of rotatable bonds is 1. The van der Waals surface area contributed by atoms with Crippen molar-refractivity contribution in [2.75, 3.05) is 38.5 Å². The molecule has 0 radical (unpaired) electrons. The maximum Gasteiger partial charge on any atom is 0.223 e. The molecule has 2 bridgehead atoms. The fourth-order valence-corrected chi connectivity index (χ4v) is 2.76. The second kappa shape index (κ2) is 4.38. The predicted molar refractivity (Wildman–Crippen MR) is 73.7 cm³/mol. The summed E-state index contributed by atoms with van der Waals surface area (Å²) in [5, 5.41) is 0. The van der Waals surface area contributed by atoms with Gasteiger partial charge in [0, 0.05) is 38.1 Å². The zero-order chi connectivity index (χ0) is 13.6. The van der Waals surface area contributed by atoms with Crippen LogP contribution in [0.2, 0.25) is 0 Å². The van der Waals surface area contributed by atoms with Gasteiger partial charge in [-0.15, -0.1) is 0 Å². The lowest BCUT2D eigenvalue weighted by Gasteiger charge is -2.46. The summed E-state index contributed by atoms with van der Waals surface area (Å²) in [7, 11) is 0. The Bertz CT molecular complexity index is 473. The van der Waals surface area contributed by atoms with Gasteiger partial charge in [0.2, 0.25) is 5.95 Å². The number of anilines is 1. The summed E-state index contributed by atoms with van der Waals surface area (Å²) in [5.41, 5.74) is 5.76. The van der Waals surface area contributed by atoms with Crippen LogP contribution in [0.25, 0.3) is 0 Å². The van der Waals surface area contributed by atoms with Crippen LogP contribution in [0.1, 0.15) is 38.5 Å². The first-order valence-electron chi connectivity index (χ1n) is 6.92. The second-order valence-electron chi connectivity index (χ2n) is 6.48. The molecule has 1 unspecified atom stereocenters. The number of hydrogen-bond donors (Lipinski definition) is 1. The summed E-state index contributed by atoms with van der Waals surface area (Å²) in [4.78, 5) is 18.3. The fourth-order valence-electron chi connectivity index (χ4n) is 2.76. The molecule has 0 aliphatic carbocycles. The van der Waals surface area contributed by atoms with Crippen LogP contribution in [0, 0.1) is 0 Å². The SMILES string of the molecule is CC(C)(C)c1nc(N)nc(C2CN3CCN2CC3)n1. The Morgan fingerprint density at radius 1 is 1.05 bits per heavy atom. The van der Waals surface area contributed by atoms with Gasteiger partial charge in [0.25, 0.3) is 0 Å². The number of piperazine rings is 3. The Balaban J connectivity index is 1.94. The molecule has 3 aliphatic rings. The normalized spacial score (nSPS) is 30.6. The van der Waals surface area contributed by atoms with E-state index in [1.807, 2.05) is 0 Å². The minimum Gasteiger partial charge on any atom is -0.368 e. The molecular formula is C13H22N6. The average molecular weight is 262 g/mol. The maximum absolute atomic E-state index is 5.87. The van der Waals surface area contributed by atoms with Gasteiger partial charge in [-0.1, -0.05) is 20.8 Å². The molecule has 0 saturated carbocycles. The molecule has 4 rings (SSSR count). The number of fused-ring (bicyclic) bond motifs is 3. The molecule has 0 amide bonds. The molecular weight excluding hydrogens is 240 g/mol.